The number of urea groups is 1. The fourth-order valence-electron chi connectivity index (χ4n) is 1.68. The van der Waals surface area contributed by atoms with Crippen molar-refractivity contribution in [2.45, 2.75) is 12.8 Å². The summed E-state index contributed by atoms with van der Waals surface area (Å²) in [5, 5.41) is 10.9. The Bertz CT molecular complexity index is 494. The number of rotatable bonds is 6. The van der Waals surface area contributed by atoms with Gasteiger partial charge in [-0.05, 0) is 0 Å². The molecule has 2 N–H and O–H groups in total. The van der Waals surface area contributed by atoms with Crippen LogP contribution in [0.4, 0.5) is 13.6 Å². The van der Waals surface area contributed by atoms with Gasteiger partial charge in [0.2, 0.25) is 0 Å². The van der Waals surface area contributed by atoms with E-state index in [-0.39, 0.29) is 12.1 Å². The van der Waals surface area contributed by atoms with Crippen molar-refractivity contribution in [1.29, 1.82) is 0 Å². The smallest absolute Gasteiger partial charge is 0.317 e. The molecule has 2 amide bonds. The Hall–Kier alpha value is -2.18. The van der Waals surface area contributed by atoms with Crippen LogP contribution in [0.3, 0.4) is 0 Å². The topological polar surface area (TPSA) is 69.6 Å². The Balaban J connectivity index is 2.54. The summed E-state index contributed by atoms with van der Waals surface area (Å²) in [6.45, 7) is 0.532. The number of alkyl halides is 2. The van der Waals surface area contributed by atoms with Gasteiger partial charge in [-0.2, -0.15) is 8.78 Å². The Morgan fingerprint density at radius 1 is 1.33 bits per heavy atom. The molecule has 1 aromatic carbocycles. The average Bonchev–Trinajstić information content (AvgIpc) is 2.45. The lowest BCUT2D eigenvalue weighted by Crippen LogP contribution is -2.44. The minimum atomic E-state index is -3.18. The number of halogens is 2. The van der Waals surface area contributed by atoms with Crippen molar-refractivity contribution in [3.05, 3.63) is 35.9 Å². The molecule has 21 heavy (non-hydrogen) atoms. The summed E-state index contributed by atoms with van der Waals surface area (Å²) in [6.07, 6.45) is 0. The molecule has 0 saturated carbocycles. The van der Waals surface area contributed by atoms with E-state index in [0.29, 0.717) is 0 Å². The number of carbonyl (C=O) groups is 2. The van der Waals surface area contributed by atoms with E-state index in [1.54, 1.807) is 6.07 Å². The van der Waals surface area contributed by atoms with Gasteiger partial charge in [-0.15, -0.1) is 0 Å². The highest BCUT2D eigenvalue weighted by atomic mass is 19.3. The standard InChI is InChI=1S/C14H18F2N2O3/c1-10(12(19)20)8-18(2)13(21)17-9-14(15,16)11-6-4-3-5-7-11/h3-7,10H,8-9H2,1-2H3,(H,17,21)(H,19,20). The maximum Gasteiger partial charge on any atom is 0.317 e. The van der Waals surface area contributed by atoms with E-state index in [1.165, 1.54) is 38.2 Å². The Kier molecular flexibility index (Phi) is 5.63. The van der Waals surface area contributed by atoms with Gasteiger partial charge < -0.3 is 15.3 Å². The maximum atomic E-state index is 13.8. The van der Waals surface area contributed by atoms with Crippen LogP contribution in [0.25, 0.3) is 0 Å². The number of carboxylic acid groups (broad SMARTS) is 1. The third kappa shape index (κ3) is 5.02. The van der Waals surface area contributed by atoms with Crippen molar-refractivity contribution >= 4 is 12.0 Å². The Morgan fingerprint density at radius 2 is 1.90 bits per heavy atom. The van der Waals surface area contributed by atoms with Gasteiger partial charge in [0.15, 0.2) is 0 Å². The molecule has 1 rings (SSSR count). The summed E-state index contributed by atoms with van der Waals surface area (Å²) < 4.78 is 27.7. The molecule has 0 aromatic heterocycles. The number of carboxylic acids is 1. The zero-order valence-electron chi connectivity index (χ0n) is 11.8. The maximum absolute atomic E-state index is 13.8. The first-order chi connectivity index (χ1) is 9.74. The lowest BCUT2D eigenvalue weighted by molar-refractivity contribution is -0.141. The van der Waals surface area contributed by atoms with Gasteiger partial charge in [-0.25, -0.2) is 4.79 Å². The quantitative estimate of drug-likeness (QED) is 0.845. The molecular weight excluding hydrogens is 282 g/mol. The van der Waals surface area contributed by atoms with Gasteiger partial charge in [0.25, 0.3) is 5.92 Å². The largest absolute Gasteiger partial charge is 0.481 e. The minimum Gasteiger partial charge on any atom is -0.481 e. The van der Waals surface area contributed by atoms with Gasteiger partial charge in [-0.3, -0.25) is 4.79 Å². The normalized spacial score (nSPS) is 12.6. The predicted molar refractivity (Wildman–Crippen MR) is 73.2 cm³/mol. The van der Waals surface area contributed by atoms with Gasteiger partial charge in [0, 0.05) is 19.2 Å². The number of benzene rings is 1. The number of nitrogens with one attached hydrogen (secondary N) is 1. The minimum absolute atomic E-state index is 0.0575. The number of carbonyl (C=O) groups excluding carboxylic acids is 1. The van der Waals surface area contributed by atoms with Crippen LogP contribution in [0, 0.1) is 5.92 Å². The second-order valence-electron chi connectivity index (χ2n) is 4.85. The molecule has 116 valence electrons. The van der Waals surface area contributed by atoms with Crippen LogP contribution in [0.2, 0.25) is 0 Å². The fraction of sp³-hybridized carbons (Fsp3) is 0.429. The number of hydrogen-bond acceptors (Lipinski definition) is 2. The second-order valence-corrected chi connectivity index (χ2v) is 4.85. The second kappa shape index (κ2) is 7.01. The van der Waals surface area contributed by atoms with Gasteiger partial charge in [0.05, 0.1) is 12.5 Å². The van der Waals surface area contributed by atoms with Crippen LogP contribution in [-0.4, -0.2) is 42.1 Å². The summed E-state index contributed by atoms with van der Waals surface area (Å²) in [5.41, 5.74) is -0.188. The molecule has 0 saturated heterocycles. The number of aliphatic carboxylic acids is 1. The van der Waals surface area contributed by atoms with E-state index in [4.69, 9.17) is 5.11 Å². The van der Waals surface area contributed by atoms with Crippen molar-refractivity contribution < 1.29 is 23.5 Å². The number of hydrogen-bond donors (Lipinski definition) is 2. The average molecular weight is 300 g/mol. The molecule has 1 atom stereocenters. The molecule has 0 aliphatic heterocycles. The zero-order chi connectivity index (χ0) is 16.0. The van der Waals surface area contributed by atoms with E-state index in [2.05, 4.69) is 5.32 Å². The Morgan fingerprint density at radius 3 is 2.43 bits per heavy atom. The molecule has 0 heterocycles. The van der Waals surface area contributed by atoms with Crippen LogP contribution in [0.15, 0.2) is 30.3 Å². The van der Waals surface area contributed by atoms with Crippen LogP contribution < -0.4 is 5.32 Å². The first-order valence-corrected chi connectivity index (χ1v) is 6.39. The molecule has 0 aliphatic carbocycles. The predicted octanol–water partition coefficient (Wildman–Crippen LogP) is 2.14. The summed E-state index contributed by atoms with van der Waals surface area (Å²) in [4.78, 5) is 23.4. The fourth-order valence-corrected chi connectivity index (χ4v) is 1.68. The first kappa shape index (κ1) is 16.9. The van der Waals surface area contributed by atoms with Crippen molar-refractivity contribution in [2.75, 3.05) is 20.1 Å². The summed E-state index contributed by atoms with van der Waals surface area (Å²) in [7, 11) is 1.36. The van der Waals surface area contributed by atoms with Gasteiger partial charge in [-0.1, -0.05) is 37.3 Å². The molecule has 0 radical (unpaired) electrons. The Labute approximate surface area is 121 Å². The number of amides is 2. The van der Waals surface area contributed by atoms with Crippen LogP contribution in [0.1, 0.15) is 12.5 Å². The van der Waals surface area contributed by atoms with Gasteiger partial charge >= 0.3 is 12.0 Å². The van der Waals surface area contributed by atoms with Crippen molar-refractivity contribution in [1.82, 2.24) is 10.2 Å². The monoisotopic (exact) mass is 300 g/mol. The lowest BCUT2D eigenvalue weighted by atomic mass is 10.1. The molecule has 0 bridgehead atoms. The van der Waals surface area contributed by atoms with Crippen molar-refractivity contribution in [3.8, 4) is 0 Å². The zero-order valence-corrected chi connectivity index (χ0v) is 11.8. The highest BCUT2D eigenvalue weighted by Crippen LogP contribution is 2.26. The lowest BCUT2D eigenvalue weighted by Gasteiger charge is -2.22. The summed E-state index contributed by atoms with van der Waals surface area (Å²) >= 11 is 0. The molecular formula is C14H18F2N2O3. The molecule has 0 aliphatic rings. The van der Waals surface area contributed by atoms with E-state index in [9.17, 15) is 18.4 Å². The SMILES string of the molecule is CC(CN(C)C(=O)NCC(F)(F)c1ccccc1)C(=O)O. The molecule has 0 spiro atoms. The molecule has 7 heteroatoms. The van der Waals surface area contributed by atoms with Crippen LogP contribution in [-0.2, 0) is 10.7 Å². The number of nitrogens with zero attached hydrogens (tertiary/aromatic N) is 1. The van der Waals surface area contributed by atoms with E-state index >= 15 is 0 Å². The van der Waals surface area contributed by atoms with E-state index in [1.807, 2.05) is 0 Å². The summed E-state index contributed by atoms with van der Waals surface area (Å²) in [6, 6.07) is 6.43. The van der Waals surface area contributed by atoms with Crippen molar-refractivity contribution in [3.63, 3.8) is 0 Å². The molecule has 0 fully saturated rings. The molecule has 1 aromatic rings. The first-order valence-electron chi connectivity index (χ1n) is 6.39. The summed E-state index contributed by atoms with van der Waals surface area (Å²) in [5.74, 6) is -5.00. The van der Waals surface area contributed by atoms with E-state index < -0.39 is 30.4 Å². The highest BCUT2D eigenvalue weighted by Gasteiger charge is 2.32. The van der Waals surface area contributed by atoms with Gasteiger partial charge in [0.1, 0.15) is 0 Å². The molecule has 1 unspecified atom stereocenters. The van der Waals surface area contributed by atoms with Crippen molar-refractivity contribution in [2.24, 2.45) is 5.92 Å². The third-order valence-corrected chi connectivity index (χ3v) is 2.97. The van der Waals surface area contributed by atoms with Crippen LogP contribution in [0.5, 0.6) is 0 Å². The van der Waals surface area contributed by atoms with E-state index in [0.717, 1.165) is 4.90 Å². The van der Waals surface area contributed by atoms with Crippen LogP contribution >= 0.6 is 0 Å². The molecule has 5 nitrogen and oxygen atoms in total. The third-order valence-electron chi connectivity index (χ3n) is 2.97. The highest BCUT2D eigenvalue weighted by molar-refractivity contribution is 5.75.